The molecule has 2 heterocycles. The molecule has 33 heavy (non-hydrogen) atoms. The number of H-pyrrole nitrogens is 1. The fraction of sp³-hybridized carbons (Fsp3) is 0.593. The molecule has 0 fully saturated rings. The summed E-state index contributed by atoms with van der Waals surface area (Å²) in [6.45, 7) is 10.5. The van der Waals surface area contributed by atoms with Crippen molar-refractivity contribution in [3.63, 3.8) is 0 Å². The number of ketones is 1. The first-order valence-electron chi connectivity index (χ1n) is 12.6. The van der Waals surface area contributed by atoms with Crippen molar-refractivity contribution in [2.45, 2.75) is 98.8 Å². The number of amides is 1. The lowest BCUT2D eigenvalue weighted by Gasteiger charge is -2.05. The highest BCUT2D eigenvalue weighted by molar-refractivity contribution is 6.01. The fourth-order valence-electron chi connectivity index (χ4n) is 4.64. The second kappa shape index (κ2) is 13.2. The predicted molar refractivity (Wildman–Crippen MR) is 132 cm³/mol. The van der Waals surface area contributed by atoms with Crippen LogP contribution in [0.4, 0.5) is 0 Å². The van der Waals surface area contributed by atoms with Gasteiger partial charge in [0.05, 0.1) is 12.3 Å². The number of Topliss-reactive ketones (excluding diaryl/α,β-unsaturated/α-hetero) is 1. The van der Waals surface area contributed by atoms with Crippen LogP contribution in [0.2, 0.25) is 0 Å². The number of carbonyl (C=O) groups excluding carboxylic acids is 3. The summed E-state index contributed by atoms with van der Waals surface area (Å²) in [5.41, 5.74) is 6.62. The Bertz CT molecular complexity index is 921. The van der Waals surface area contributed by atoms with Gasteiger partial charge in [0, 0.05) is 29.8 Å². The monoisotopic (exact) mass is 456 g/mol. The van der Waals surface area contributed by atoms with E-state index in [-0.39, 0.29) is 17.7 Å². The average molecular weight is 457 g/mol. The van der Waals surface area contributed by atoms with Crippen molar-refractivity contribution >= 4 is 23.7 Å². The van der Waals surface area contributed by atoms with Gasteiger partial charge in [-0.15, -0.1) is 0 Å². The highest BCUT2D eigenvalue weighted by Gasteiger charge is 2.26. The smallest absolute Gasteiger partial charge is 0.305 e. The molecule has 1 aromatic heterocycles. The van der Waals surface area contributed by atoms with E-state index in [4.69, 9.17) is 4.74 Å². The molecule has 2 N–H and O–H groups in total. The summed E-state index contributed by atoms with van der Waals surface area (Å²) < 4.78 is 4.95. The summed E-state index contributed by atoms with van der Waals surface area (Å²) in [5.74, 6) is -0.0281. The minimum Gasteiger partial charge on any atom is -0.466 e. The molecular weight excluding hydrogens is 416 g/mol. The lowest BCUT2D eigenvalue weighted by molar-refractivity contribution is -0.143. The molecule has 0 saturated carbocycles. The van der Waals surface area contributed by atoms with Crippen LogP contribution in [0.1, 0.15) is 113 Å². The third kappa shape index (κ3) is 6.68. The first kappa shape index (κ1) is 26.6. The normalized spacial score (nSPS) is 14.8. The van der Waals surface area contributed by atoms with Gasteiger partial charge < -0.3 is 15.0 Å². The van der Waals surface area contributed by atoms with Gasteiger partial charge in [0.1, 0.15) is 0 Å². The van der Waals surface area contributed by atoms with E-state index in [9.17, 15) is 14.4 Å². The Morgan fingerprint density at radius 1 is 0.818 bits per heavy atom. The molecule has 1 aliphatic rings. The number of unbranched alkanes of at least 4 members (excludes halogenated alkanes) is 3. The number of aromatic amines is 1. The standard InChI is InChI=1S/C27H40N2O4/c1-6-18-20(8-3)26(24(30)15-13-11-12-14-16-25(31)33-10-5)28-22(18)17-23-19(7-2)21(9-4)27(32)29-23/h17,28H,6-16H2,1-5H3,(H,29,32)/b23-17-. The maximum absolute atomic E-state index is 13.0. The molecule has 2 rings (SSSR count). The highest BCUT2D eigenvalue weighted by atomic mass is 16.5. The number of hydrogen-bond donors (Lipinski definition) is 2. The summed E-state index contributed by atoms with van der Waals surface area (Å²) in [6.07, 6.45) is 9.48. The molecule has 0 radical (unpaired) electrons. The van der Waals surface area contributed by atoms with Crippen LogP contribution in [0.5, 0.6) is 0 Å². The van der Waals surface area contributed by atoms with E-state index in [1.807, 2.05) is 19.9 Å². The number of hydrogen-bond acceptors (Lipinski definition) is 4. The van der Waals surface area contributed by atoms with Crippen LogP contribution in [0.3, 0.4) is 0 Å². The Morgan fingerprint density at radius 3 is 2.03 bits per heavy atom. The predicted octanol–water partition coefficient (Wildman–Crippen LogP) is 5.81. The maximum atomic E-state index is 13.0. The topological polar surface area (TPSA) is 88.3 Å². The number of aromatic nitrogens is 1. The molecular formula is C27H40N2O4. The molecule has 0 bridgehead atoms. The van der Waals surface area contributed by atoms with Gasteiger partial charge in [-0.05, 0) is 68.2 Å². The molecule has 6 heteroatoms. The van der Waals surface area contributed by atoms with Crippen LogP contribution < -0.4 is 5.32 Å². The lowest BCUT2D eigenvalue weighted by Crippen LogP contribution is -2.16. The molecule has 1 amide bonds. The number of carbonyl (C=O) groups is 3. The molecule has 0 saturated heterocycles. The van der Waals surface area contributed by atoms with Gasteiger partial charge in [-0.3, -0.25) is 14.4 Å². The molecule has 1 aliphatic heterocycles. The van der Waals surface area contributed by atoms with Crippen molar-refractivity contribution in [2.75, 3.05) is 6.61 Å². The Morgan fingerprint density at radius 2 is 1.45 bits per heavy atom. The largest absolute Gasteiger partial charge is 0.466 e. The summed E-state index contributed by atoms with van der Waals surface area (Å²) in [6, 6.07) is 0. The number of nitrogens with one attached hydrogen (secondary N) is 2. The van der Waals surface area contributed by atoms with Crippen molar-refractivity contribution < 1.29 is 19.1 Å². The first-order valence-corrected chi connectivity index (χ1v) is 12.6. The molecule has 182 valence electrons. The Hall–Kier alpha value is -2.63. The SMILES string of the molecule is CCOC(=O)CCCCCCC(=O)c1[nH]c(/C=C2\NC(=O)C(CC)=C2CC)c(CC)c1CC. The third-order valence-corrected chi connectivity index (χ3v) is 6.28. The number of ether oxygens (including phenoxy) is 1. The number of rotatable bonds is 14. The molecule has 6 nitrogen and oxygen atoms in total. The molecule has 0 spiro atoms. The Labute approximate surface area is 198 Å². The van der Waals surface area contributed by atoms with E-state index in [0.717, 1.165) is 78.6 Å². The van der Waals surface area contributed by atoms with Gasteiger partial charge in [0.25, 0.3) is 5.91 Å². The second-order valence-corrected chi connectivity index (χ2v) is 8.40. The van der Waals surface area contributed by atoms with Crippen LogP contribution in [0.15, 0.2) is 16.8 Å². The Balaban J connectivity index is 2.10. The quantitative estimate of drug-likeness (QED) is 0.210. The molecule has 0 aromatic carbocycles. The van der Waals surface area contributed by atoms with Crippen LogP contribution in [0, 0.1) is 0 Å². The van der Waals surface area contributed by atoms with E-state index in [1.165, 1.54) is 0 Å². The van der Waals surface area contributed by atoms with Crippen LogP contribution in [0.25, 0.3) is 6.08 Å². The highest BCUT2D eigenvalue weighted by Crippen LogP contribution is 2.30. The minimum absolute atomic E-state index is 0.0137. The third-order valence-electron chi connectivity index (χ3n) is 6.28. The van der Waals surface area contributed by atoms with E-state index < -0.39 is 0 Å². The zero-order valence-electron chi connectivity index (χ0n) is 21.0. The average Bonchev–Trinajstić information content (AvgIpc) is 3.31. The second-order valence-electron chi connectivity index (χ2n) is 8.40. The van der Waals surface area contributed by atoms with Gasteiger partial charge in [-0.2, -0.15) is 0 Å². The van der Waals surface area contributed by atoms with Crippen molar-refractivity contribution in [3.05, 3.63) is 39.4 Å². The number of allylic oxidation sites excluding steroid dienone is 1. The fourth-order valence-corrected chi connectivity index (χ4v) is 4.64. The van der Waals surface area contributed by atoms with E-state index in [2.05, 4.69) is 31.1 Å². The van der Waals surface area contributed by atoms with E-state index in [0.29, 0.717) is 31.6 Å². The molecule has 1 aromatic rings. The summed E-state index contributed by atoms with van der Waals surface area (Å²) in [4.78, 5) is 40.2. The number of esters is 1. The molecule has 0 unspecified atom stereocenters. The van der Waals surface area contributed by atoms with Crippen LogP contribution >= 0.6 is 0 Å². The van der Waals surface area contributed by atoms with E-state index in [1.54, 1.807) is 0 Å². The zero-order chi connectivity index (χ0) is 24.4. The van der Waals surface area contributed by atoms with E-state index >= 15 is 0 Å². The maximum Gasteiger partial charge on any atom is 0.305 e. The molecule has 0 atom stereocenters. The minimum atomic E-state index is -0.146. The van der Waals surface area contributed by atoms with Crippen molar-refractivity contribution in [2.24, 2.45) is 0 Å². The van der Waals surface area contributed by atoms with Crippen LogP contribution in [-0.4, -0.2) is 29.3 Å². The summed E-state index contributed by atoms with van der Waals surface area (Å²) >= 11 is 0. The molecule has 0 aliphatic carbocycles. The Kier molecular flexibility index (Phi) is 10.6. The van der Waals surface area contributed by atoms with Crippen molar-refractivity contribution in [3.8, 4) is 0 Å². The first-order chi connectivity index (χ1) is 15.9. The van der Waals surface area contributed by atoms with Crippen LogP contribution in [-0.2, 0) is 27.2 Å². The lowest BCUT2D eigenvalue weighted by atomic mass is 9.98. The van der Waals surface area contributed by atoms with Gasteiger partial charge in [-0.25, -0.2) is 0 Å². The van der Waals surface area contributed by atoms with Gasteiger partial charge in [0.2, 0.25) is 0 Å². The van der Waals surface area contributed by atoms with Crippen molar-refractivity contribution in [1.29, 1.82) is 0 Å². The summed E-state index contributed by atoms with van der Waals surface area (Å²) in [7, 11) is 0. The van der Waals surface area contributed by atoms with Crippen molar-refractivity contribution in [1.82, 2.24) is 10.3 Å². The summed E-state index contributed by atoms with van der Waals surface area (Å²) in [5, 5.41) is 3.01. The zero-order valence-corrected chi connectivity index (χ0v) is 21.0. The van der Waals surface area contributed by atoms with Gasteiger partial charge >= 0.3 is 5.97 Å². The van der Waals surface area contributed by atoms with Gasteiger partial charge in [-0.1, -0.05) is 40.5 Å². The van der Waals surface area contributed by atoms with Gasteiger partial charge in [0.15, 0.2) is 5.78 Å².